The summed E-state index contributed by atoms with van der Waals surface area (Å²) in [6.07, 6.45) is 0. The molecule has 0 saturated heterocycles. The molecule has 11 heavy (non-hydrogen) atoms. The Hall–Kier alpha value is 1.75. The Morgan fingerprint density at radius 1 is 0.909 bits per heavy atom. The predicted octanol–water partition coefficient (Wildman–Crippen LogP) is 2.18. The van der Waals surface area contributed by atoms with Crippen molar-refractivity contribution in [3.63, 3.8) is 0 Å². The molecule has 0 radical (unpaired) electrons. The van der Waals surface area contributed by atoms with E-state index in [1.807, 2.05) is 11.8 Å². The predicted molar refractivity (Wildman–Crippen MR) is 70.6 cm³/mol. The Balaban J connectivity index is 3.13. The third-order valence-electron chi connectivity index (χ3n) is 1.04. The summed E-state index contributed by atoms with van der Waals surface area (Å²) in [5.74, 6) is 3.79. The summed E-state index contributed by atoms with van der Waals surface area (Å²) in [4.78, 5) is 0. The van der Waals surface area contributed by atoms with Crippen LogP contribution in [0.1, 0.15) is 0 Å². The average Bonchev–Trinajstić information content (AvgIpc) is 2.04. The first-order valence-corrected chi connectivity index (χ1v) is 6.81. The maximum Gasteiger partial charge on any atom is 0.0196 e. The summed E-state index contributed by atoms with van der Waals surface area (Å²) in [6.45, 7) is 0. The zero-order valence-corrected chi connectivity index (χ0v) is 10.6. The van der Waals surface area contributed by atoms with Gasteiger partial charge >= 0.3 is 0 Å². The second-order valence-corrected chi connectivity index (χ2v) is 5.48. The zero-order chi connectivity index (χ0) is 8.69. The van der Waals surface area contributed by atoms with Gasteiger partial charge in [-0.1, -0.05) is 0 Å². The summed E-state index contributed by atoms with van der Waals surface area (Å²) >= 11 is 18.8. The fraction of sp³-hybridized carbons (Fsp3) is 1.00. The van der Waals surface area contributed by atoms with Gasteiger partial charge in [0.2, 0.25) is 0 Å². The Bertz CT molecular complexity index is 77.0. The molecule has 0 aliphatic heterocycles. The highest BCUT2D eigenvalue weighted by Crippen LogP contribution is 2.13. The van der Waals surface area contributed by atoms with E-state index in [4.69, 9.17) is 0 Å². The molecule has 0 aromatic heterocycles. The van der Waals surface area contributed by atoms with Crippen molar-refractivity contribution in [1.82, 2.24) is 0 Å². The van der Waals surface area contributed by atoms with Gasteiger partial charge in [0.25, 0.3) is 0 Å². The van der Waals surface area contributed by atoms with E-state index < -0.39 is 0 Å². The van der Waals surface area contributed by atoms with Crippen molar-refractivity contribution >= 4 is 62.3 Å². The molecular formula is C6H14S5. The van der Waals surface area contributed by atoms with E-state index in [2.05, 4.69) is 50.5 Å². The molecule has 0 unspecified atom stereocenters. The topological polar surface area (TPSA) is 0 Å². The van der Waals surface area contributed by atoms with Crippen LogP contribution in [0, 0.1) is 0 Å². The van der Waals surface area contributed by atoms with Crippen LogP contribution in [0.5, 0.6) is 0 Å². The first-order chi connectivity index (χ1) is 5.20. The van der Waals surface area contributed by atoms with Crippen LogP contribution in [0.4, 0.5) is 0 Å². The molecule has 0 fully saturated rings. The lowest BCUT2D eigenvalue weighted by Gasteiger charge is -2.09. The molecule has 0 saturated carbocycles. The van der Waals surface area contributed by atoms with E-state index in [1.165, 1.54) is 0 Å². The quantitative estimate of drug-likeness (QED) is 0.521. The van der Waals surface area contributed by atoms with Crippen LogP contribution < -0.4 is 0 Å². The van der Waals surface area contributed by atoms with Crippen LogP contribution in [0.15, 0.2) is 0 Å². The van der Waals surface area contributed by atoms with Gasteiger partial charge in [-0.2, -0.15) is 62.3 Å². The highest BCUT2D eigenvalue weighted by Gasteiger charge is 2.03. The van der Waals surface area contributed by atoms with Crippen molar-refractivity contribution in [2.45, 2.75) is 10.5 Å². The van der Waals surface area contributed by atoms with Gasteiger partial charge < -0.3 is 0 Å². The third kappa shape index (κ3) is 8.09. The van der Waals surface area contributed by atoms with Gasteiger partial charge in [0.05, 0.1) is 0 Å². The van der Waals surface area contributed by atoms with Crippen LogP contribution in [0.3, 0.4) is 0 Å². The fourth-order valence-corrected chi connectivity index (χ4v) is 2.60. The molecule has 0 spiro atoms. The van der Waals surface area contributed by atoms with E-state index in [9.17, 15) is 0 Å². The normalized spacial score (nSPS) is 16.4. The maximum absolute atomic E-state index is 4.32. The van der Waals surface area contributed by atoms with Gasteiger partial charge in [0.15, 0.2) is 0 Å². The molecule has 0 nitrogen and oxygen atoms in total. The lowest BCUT2D eigenvalue weighted by Crippen LogP contribution is -2.09. The fourth-order valence-electron chi connectivity index (χ4n) is 0.446. The minimum Gasteiger partial charge on any atom is -0.178 e. The largest absolute Gasteiger partial charge is 0.178 e. The number of rotatable bonds is 6. The second kappa shape index (κ2) is 8.35. The molecule has 5 heteroatoms. The highest BCUT2D eigenvalue weighted by atomic mass is 32.2. The number of hydrogen-bond acceptors (Lipinski definition) is 5. The van der Waals surface area contributed by atoms with Crippen molar-refractivity contribution in [1.29, 1.82) is 0 Å². The summed E-state index contributed by atoms with van der Waals surface area (Å²) in [5, 5.41) is 0.813. The lowest BCUT2D eigenvalue weighted by molar-refractivity contribution is 1.13. The summed E-state index contributed by atoms with van der Waals surface area (Å²) in [6, 6.07) is 0. The number of hydrogen-bond donors (Lipinski definition) is 4. The maximum atomic E-state index is 4.32. The van der Waals surface area contributed by atoms with Crippen LogP contribution in [0.2, 0.25) is 0 Å². The molecule has 0 rings (SSSR count). The van der Waals surface area contributed by atoms with Crippen molar-refractivity contribution < 1.29 is 0 Å². The standard InChI is InChI=1S/C6H14S5/c7-1-5(9)3-11-4-6(10)2-8/h5-10H,1-4H2/t5-,6+. The molecular weight excluding hydrogens is 232 g/mol. The smallest absolute Gasteiger partial charge is 0.0196 e. The van der Waals surface area contributed by atoms with Gasteiger partial charge in [-0.05, 0) is 0 Å². The van der Waals surface area contributed by atoms with Crippen LogP contribution in [-0.4, -0.2) is 33.5 Å². The van der Waals surface area contributed by atoms with Crippen LogP contribution in [0.25, 0.3) is 0 Å². The van der Waals surface area contributed by atoms with E-state index >= 15 is 0 Å². The lowest BCUT2D eigenvalue weighted by atomic mass is 10.5. The summed E-state index contributed by atoms with van der Waals surface area (Å²) < 4.78 is 0. The van der Waals surface area contributed by atoms with Crippen LogP contribution >= 0.6 is 62.3 Å². The van der Waals surface area contributed by atoms with Crippen molar-refractivity contribution in [3.8, 4) is 0 Å². The van der Waals surface area contributed by atoms with Gasteiger partial charge in [0.1, 0.15) is 0 Å². The molecule has 68 valence electrons. The Morgan fingerprint density at radius 3 is 1.55 bits per heavy atom. The molecule has 0 amide bonds. The minimum absolute atomic E-state index is 0.406. The second-order valence-electron chi connectivity index (χ2n) is 2.21. The molecule has 0 aliphatic rings. The van der Waals surface area contributed by atoms with Gasteiger partial charge in [-0.25, -0.2) is 0 Å². The van der Waals surface area contributed by atoms with E-state index in [0.29, 0.717) is 10.5 Å². The Kier molecular flexibility index (Phi) is 9.68. The van der Waals surface area contributed by atoms with Crippen molar-refractivity contribution in [2.75, 3.05) is 23.0 Å². The first kappa shape index (κ1) is 12.8. The van der Waals surface area contributed by atoms with Gasteiger partial charge in [-0.15, -0.1) is 0 Å². The molecule has 0 N–H and O–H groups in total. The third-order valence-corrected chi connectivity index (χ3v) is 5.00. The van der Waals surface area contributed by atoms with Crippen LogP contribution in [-0.2, 0) is 0 Å². The Morgan fingerprint density at radius 2 is 1.27 bits per heavy atom. The monoisotopic (exact) mass is 246 g/mol. The van der Waals surface area contributed by atoms with Crippen molar-refractivity contribution in [2.24, 2.45) is 0 Å². The number of thioether (sulfide) groups is 1. The molecule has 0 aliphatic carbocycles. The average molecular weight is 247 g/mol. The molecule has 0 aromatic carbocycles. The SMILES string of the molecule is SC[C@@H](S)CSC[C@@H](S)CS. The van der Waals surface area contributed by atoms with Gasteiger partial charge in [0, 0.05) is 33.5 Å². The molecule has 0 aromatic rings. The summed E-state index contributed by atoms with van der Waals surface area (Å²) in [5.41, 5.74) is 0. The molecule has 2 atom stereocenters. The van der Waals surface area contributed by atoms with Gasteiger partial charge in [-0.3, -0.25) is 0 Å². The van der Waals surface area contributed by atoms with E-state index in [0.717, 1.165) is 23.0 Å². The minimum atomic E-state index is 0.406. The summed E-state index contributed by atoms with van der Waals surface area (Å²) in [7, 11) is 0. The zero-order valence-electron chi connectivity index (χ0n) is 6.18. The van der Waals surface area contributed by atoms with E-state index in [1.54, 1.807) is 0 Å². The van der Waals surface area contributed by atoms with Crippen molar-refractivity contribution in [3.05, 3.63) is 0 Å². The molecule has 0 heterocycles. The molecule has 0 bridgehead atoms. The van der Waals surface area contributed by atoms with E-state index in [-0.39, 0.29) is 0 Å². The Labute approximate surface area is 95.3 Å². The number of thiol groups is 4. The highest BCUT2D eigenvalue weighted by molar-refractivity contribution is 8.01. The first-order valence-electron chi connectivity index (χ1n) is 3.36.